The van der Waals surface area contributed by atoms with E-state index in [1.807, 2.05) is 12.1 Å². The predicted octanol–water partition coefficient (Wildman–Crippen LogP) is 2.15. The minimum absolute atomic E-state index is 0.184. The van der Waals surface area contributed by atoms with E-state index in [1.54, 1.807) is 20.2 Å². The van der Waals surface area contributed by atoms with Crippen LogP contribution >= 0.6 is 27.3 Å². The number of thiazole rings is 1. The van der Waals surface area contributed by atoms with Gasteiger partial charge in [0.1, 0.15) is 34.1 Å². The highest BCUT2D eigenvalue weighted by molar-refractivity contribution is 9.10. The van der Waals surface area contributed by atoms with Gasteiger partial charge in [0, 0.05) is 7.05 Å². The summed E-state index contributed by atoms with van der Waals surface area (Å²) in [5.41, 5.74) is 0.780. The van der Waals surface area contributed by atoms with Crippen molar-refractivity contribution >= 4 is 59.6 Å². The van der Waals surface area contributed by atoms with Crippen LogP contribution in [0.15, 0.2) is 33.9 Å². The summed E-state index contributed by atoms with van der Waals surface area (Å²) in [6.07, 6.45) is 1.33. The van der Waals surface area contributed by atoms with E-state index >= 15 is 0 Å². The Morgan fingerprint density at radius 2 is 2.22 bits per heavy atom. The monoisotopic (exact) mass is 448 g/mol. The van der Waals surface area contributed by atoms with Crippen LogP contribution in [0.4, 0.5) is 5.13 Å². The molecule has 1 aromatic carbocycles. The number of hydrogen-bond donors (Lipinski definition) is 1. The van der Waals surface area contributed by atoms with Gasteiger partial charge < -0.3 is 10.1 Å². The number of nitrogens with one attached hydrogen (secondary N) is 1. The molecule has 0 fully saturated rings. The number of aromatic nitrogens is 5. The van der Waals surface area contributed by atoms with Crippen molar-refractivity contribution in [3.05, 3.63) is 39.5 Å². The van der Waals surface area contributed by atoms with Gasteiger partial charge in [-0.1, -0.05) is 17.4 Å². The average Bonchev–Trinajstić information content (AvgIpc) is 3.17. The predicted molar refractivity (Wildman–Crippen MR) is 105 cm³/mol. The van der Waals surface area contributed by atoms with Gasteiger partial charge >= 0.3 is 0 Å². The van der Waals surface area contributed by atoms with Crippen LogP contribution in [0, 0.1) is 0 Å². The zero-order chi connectivity index (χ0) is 19.1. The van der Waals surface area contributed by atoms with Gasteiger partial charge in [-0.2, -0.15) is 5.10 Å². The lowest BCUT2D eigenvalue weighted by Gasteiger charge is -2.05. The fraction of sp³-hybridized carbons (Fsp3) is 0.188. The quantitative estimate of drug-likeness (QED) is 0.512. The largest absolute Gasteiger partial charge is 0.494 e. The standard InChI is InChI=1S/C16H13BrN6O3S/c1-22-14-11(13(17)21-22)15(25)23(7-18-14)6-10(24)19-16-20-12-8(26-2)4-3-5-9(12)27-16/h3-5,7H,6H2,1-2H3,(H,19,20,24). The van der Waals surface area contributed by atoms with Gasteiger partial charge in [-0.15, -0.1) is 0 Å². The molecule has 0 unspecified atom stereocenters. The van der Waals surface area contributed by atoms with E-state index in [9.17, 15) is 9.59 Å². The molecule has 3 heterocycles. The Labute approximate surface area is 164 Å². The van der Waals surface area contributed by atoms with Crippen LogP contribution in [0.1, 0.15) is 0 Å². The van der Waals surface area contributed by atoms with Crippen LogP contribution in [0.5, 0.6) is 5.75 Å². The van der Waals surface area contributed by atoms with Crippen molar-refractivity contribution in [1.29, 1.82) is 0 Å². The van der Waals surface area contributed by atoms with Crippen molar-refractivity contribution in [2.45, 2.75) is 6.54 Å². The number of rotatable bonds is 4. The number of benzene rings is 1. The van der Waals surface area contributed by atoms with Crippen molar-refractivity contribution in [3.8, 4) is 5.75 Å². The van der Waals surface area contributed by atoms with Crippen molar-refractivity contribution in [1.82, 2.24) is 24.3 Å². The molecule has 4 rings (SSSR count). The van der Waals surface area contributed by atoms with E-state index in [1.165, 1.54) is 26.9 Å². The van der Waals surface area contributed by atoms with Gasteiger partial charge in [0.15, 0.2) is 10.8 Å². The topological polar surface area (TPSA) is 104 Å². The molecule has 4 aromatic rings. The van der Waals surface area contributed by atoms with Crippen molar-refractivity contribution in [3.63, 3.8) is 0 Å². The van der Waals surface area contributed by atoms with Crippen LogP contribution in [0.2, 0.25) is 0 Å². The Balaban J connectivity index is 1.60. The van der Waals surface area contributed by atoms with E-state index in [-0.39, 0.29) is 18.0 Å². The van der Waals surface area contributed by atoms with Gasteiger partial charge in [-0.3, -0.25) is 14.2 Å². The highest BCUT2D eigenvalue weighted by Crippen LogP contribution is 2.32. The first-order valence-corrected chi connectivity index (χ1v) is 9.40. The Kier molecular flexibility index (Phi) is 4.40. The SMILES string of the molecule is COc1cccc2sc(NC(=O)Cn3cnc4c(c(Br)nn4C)c3=O)nc12. The lowest BCUT2D eigenvalue weighted by Crippen LogP contribution is -2.28. The van der Waals surface area contributed by atoms with Gasteiger partial charge in [-0.05, 0) is 28.1 Å². The van der Waals surface area contributed by atoms with Crippen molar-refractivity contribution in [2.75, 3.05) is 12.4 Å². The minimum Gasteiger partial charge on any atom is -0.494 e. The molecule has 0 saturated heterocycles. The van der Waals surface area contributed by atoms with Crippen molar-refractivity contribution in [2.24, 2.45) is 7.05 Å². The van der Waals surface area contributed by atoms with Gasteiger partial charge in [0.2, 0.25) is 5.91 Å². The number of aryl methyl sites for hydroxylation is 1. The third kappa shape index (κ3) is 3.08. The Morgan fingerprint density at radius 1 is 1.41 bits per heavy atom. The molecule has 9 nitrogen and oxygen atoms in total. The Morgan fingerprint density at radius 3 is 3.00 bits per heavy atom. The van der Waals surface area contributed by atoms with E-state index in [2.05, 4.69) is 36.3 Å². The number of carbonyl (C=O) groups is 1. The van der Waals surface area contributed by atoms with Crippen LogP contribution in [0.25, 0.3) is 21.3 Å². The summed E-state index contributed by atoms with van der Waals surface area (Å²) >= 11 is 4.58. The molecular weight excluding hydrogens is 436 g/mol. The zero-order valence-corrected chi connectivity index (χ0v) is 16.7. The highest BCUT2D eigenvalue weighted by atomic mass is 79.9. The highest BCUT2D eigenvalue weighted by Gasteiger charge is 2.16. The summed E-state index contributed by atoms with van der Waals surface area (Å²) in [7, 11) is 3.26. The normalized spacial score (nSPS) is 11.2. The first kappa shape index (κ1) is 17.6. The van der Waals surface area contributed by atoms with Crippen molar-refractivity contribution < 1.29 is 9.53 Å². The maximum atomic E-state index is 12.6. The summed E-state index contributed by atoms with van der Waals surface area (Å²) < 4.78 is 9.30. The zero-order valence-electron chi connectivity index (χ0n) is 14.3. The molecule has 1 N–H and O–H groups in total. The first-order chi connectivity index (χ1) is 13.0. The molecule has 27 heavy (non-hydrogen) atoms. The fourth-order valence-electron chi connectivity index (χ4n) is 2.70. The van der Waals surface area contributed by atoms with E-state index in [0.29, 0.717) is 32.0 Å². The molecule has 0 bridgehead atoms. The second-order valence-corrected chi connectivity index (χ2v) is 7.45. The molecule has 3 aromatic heterocycles. The third-order valence-electron chi connectivity index (χ3n) is 3.93. The van der Waals surface area contributed by atoms with Gasteiger partial charge in [-0.25, -0.2) is 14.6 Å². The molecule has 1 amide bonds. The number of hydrogen-bond acceptors (Lipinski definition) is 7. The number of methoxy groups -OCH3 is 1. The van der Waals surface area contributed by atoms with E-state index in [0.717, 1.165) is 4.70 Å². The molecule has 0 saturated carbocycles. The number of para-hydroxylation sites is 1. The second-order valence-electron chi connectivity index (χ2n) is 5.66. The number of carbonyl (C=O) groups excluding carboxylic acids is 1. The minimum atomic E-state index is -0.378. The summed E-state index contributed by atoms with van der Waals surface area (Å²) in [6.45, 7) is -0.184. The van der Waals surface area contributed by atoms with Crippen LogP contribution in [-0.4, -0.2) is 37.3 Å². The number of nitrogens with zero attached hydrogens (tertiary/aromatic N) is 5. The molecule has 0 radical (unpaired) electrons. The molecule has 0 atom stereocenters. The molecular formula is C16H13BrN6O3S. The number of anilines is 1. The lowest BCUT2D eigenvalue weighted by atomic mass is 10.3. The van der Waals surface area contributed by atoms with Crippen LogP contribution < -0.4 is 15.6 Å². The Hall–Kier alpha value is -2.79. The molecule has 138 valence electrons. The fourth-order valence-corrected chi connectivity index (χ4v) is 4.19. The number of fused-ring (bicyclic) bond motifs is 2. The first-order valence-electron chi connectivity index (χ1n) is 7.79. The second kappa shape index (κ2) is 6.74. The number of halogens is 1. The summed E-state index contributed by atoms with van der Waals surface area (Å²) in [5.74, 6) is 0.257. The number of amides is 1. The molecule has 0 aliphatic rings. The molecule has 0 aliphatic carbocycles. The maximum absolute atomic E-state index is 12.6. The molecule has 0 aliphatic heterocycles. The summed E-state index contributed by atoms with van der Waals surface area (Å²) in [5, 5.41) is 7.60. The summed E-state index contributed by atoms with van der Waals surface area (Å²) in [6, 6.07) is 5.56. The van der Waals surface area contributed by atoms with E-state index in [4.69, 9.17) is 4.74 Å². The lowest BCUT2D eigenvalue weighted by molar-refractivity contribution is -0.116. The molecule has 11 heteroatoms. The van der Waals surface area contributed by atoms with E-state index < -0.39 is 0 Å². The van der Waals surface area contributed by atoms with Gasteiger partial charge in [0.05, 0.1) is 11.8 Å². The smallest absolute Gasteiger partial charge is 0.266 e. The number of ether oxygens (including phenoxy) is 1. The van der Waals surface area contributed by atoms with Gasteiger partial charge in [0.25, 0.3) is 5.56 Å². The van der Waals surface area contributed by atoms with Crippen LogP contribution in [0.3, 0.4) is 0 Å². The molecule has 0 spiro atoms. The maximum Gasteiger partial charge on any atom is 0.266 e. The van der Waals surface area contributed by atoms with Crippen LogP contribution in [-0.2, 0) is 18.4 Å². The third-order valence-corrected chi connectivity index (χ3v) is 5.42. The average molecular weight is 449 g/mol. The summed E-state index contributed by atoms with van der Waals surface area (Å²) in [4.78, 5) is 33.6. The Bertz CT molecular complexity index is 1240.